The van der Waals surface area contributed by atoms with Crippen LogP contribution >= 0.6 is 0 Å². The van der Waals surface area contributed by atoms with Crippen molar-refractivity contribution < 1.29 is 19.3 Å². The molecular formula is C14H18FN2O2+. The molecule has 1 atom stereocenters. The Kier molecular flexibility index (Phi) is 4.27. The second kappa shape index (κ2) is 5.93. The summed E-state index contributed by atoms with van der Waals surface area (Å²) in [5.41, 5.74) is 0.353. The minimum atomic E-state index is -0.390. The molecule has 0 unspecified atom stereocenters. The highest BCUT2D eigenvalue weighted by Crippen LogP contribution is 2.14. The van der Waals surface area contributed by atoms with E-state index < -0.39 is 5.82 Å². The van der Waals surface area contributed by atoms with Gasteiger partial charge in [0.2, 0.25) is 0 Å². The summed E-state index contributed by atoms with van der Waals surface area (Å²) in [6.07, 6.45) is 2.56. The van der Waals surface area contributed by atoms with Crippen LogP contribution in [0, 0.1) is 5.82 Å². The molecule has 0 aliphatic carbocycles. The topological polar surface area (TPSA) is 54.0 Å². The predicted molar refractivity (Wildman–Crippen MR) is 67.9 cm³/mol. The number of likely N-dealkylation sites (tertiary alicyclic amines) is 1. The highest BCUT2D eigenvalue weighted by Gasteiger charge is 2.32. The fraction of sp³-hybridized carbons (Fsp3) is 0.429. The van der Waals surface area contributed by atoms with Gasteiger partial charge in [0.15, 0.2) is 6.04 Å². The molecule has 0 aromatic heterocycles. The quantitative estimate of drug-likeness (QED) is 0.794. The van der Waals surface area contributed by atoms with Gasteiger partial charge in [-0.25, -0.2) is 4.39 Å². The molecule has 5 heteroatoms. The van der Waals surface area contributed by atoms with Crippen LogP contribution in [0.4, 0.5) is 4.39 Å². The average Bonchev–Trinajstić information content (AvgIpc) is 2.60. The highest BCUT2D eigenvalue weighted by atomic mass is 19.1. The Labute approximate surface area is 111 Å². The van der Waals surface area contributed by atoms with Crippen molar-refractivity contribution in [1.29, 1.82) is 0 Å². The highest BCUT2D eigenvalue weighted by molar-refractivity contribution is 6.05. The number of likely N-dealkylation sites (N-methyl/N-ethyl adjacent to an activating group) is 1. The number of nitrogens with two attached hydrogens (primary N) is 1. The van der Waals surface area contributed by atoms with Crippen molar-refractivity contribution in [3.05, 3.63) is 35.6 Å². The Balaban J connectivity index is 2.21. The summed E-state index contributed by atoms with van der Waals surface area (Å²) >= 11 is 0. The molecule has 0 saturated carbocycles. The van der Waals surface area contributed by atoms with Crippen molar-refractivity contribution in [3.63, 3.8) is 0 Å². The van der Waals surface area contributed by atoms with Gasteiger partial charge in [0, 0.05) is 18.5 Å². The van der Waals surface area contributed by atoms with Crippen LogP contribution < -0.4 is 5.32 Å². The van der Waals surface area contributed by atoms with Crippen molar-refractivity contribution >= 4 is 11.8 Å². The average molecular weight is 265 g/mol. The number of carbonyl (C=O) groups excluding carboxylic acids is 2. The number of imide groups is 1. The third-order valence-electron chi connectivity index (χ3n) is 3.47. The number of nitrogens with zero attached hydrogens (tertiary/aromatic N) is 1. The number of hydrogen-bond acceptors (Lipinski definition) is 2. The van der Waals surface area contributed by atoms with Crippen molar-refractivity contribution in [2.75, 3.05) is 13.6 Å². The molecule has 1 aliphatic heterocycles. The lowest BCUT2D eigenvalue weighted by molar-refractivity contribution is -0.651. The number of hydrogen-bond donors (Lipinski definition) is 1. The molecule has 0 radical (unpaired) electrons. The van der Waals surface area contributed by atoms with Gasteiger partial charge in [0.05, 0.1) is 7.05 Å². The summed E-state index contributed by atoms with van der Waals surface area (Å²) in [6.45, 7) is 0.444. The van der Waals surface area contributed by atoms with Crippen LogP contribution in [-0.4, -0.2) is 36.3 Å². The molecule has 0 bridgehead atoms. The maximum absolute atomic E-state index is 12.9. The Morgan fingerprint density at radius 2 is 2.00 bits per heavy atom. The molecule has 4 nitrogen and oxygen atoms in total. The molecule has 2 rings (SSSR count). The molecule has 1 aromatic carbocycles. The van der Waals surface area contributed by atoms with Crippen LogP contribution in [-0.2, 0) is 4.79 Å². The number of amides is 2. The van der Waals surface area contributed by atoms with Crippen molar-refractivity contribution in [2.24, 2.45) is 0 Å². The first-order chi connectivity index (χ1) is 9.13. The predicted octanol–water partition coefficient (Wildman–Crippen LogP) is 0.540. The van der Waals surface area contributed by atoms with Crippen molar-refractivity contribution in [1.82, 2.24) is 4.90 Å². The largest absolute Gasteiger partial charge is 0.338 e. The molecular weight excluding hydrogens is 247 g/mol. The first-order valence-corrected chi connectivity index (χ1v) is 6.54. The van der Waals surface area contributed by atoms with Gasteiger partial charge < -0.3 is 5.32 Å². The van der Waals surface area contributed by atoms with E-state index in [0.717, 1.165) is 19.3 Å². The van der Waals surface area contributed by atoms with E-state index in [-0.39, 0.29) is 17.9 Å². The van der Waals surface area contributed by atoms with Crippen LogP contribution in [0.25, 0.3) is 0 Å². The fourth-order valence-electron chi connectivity index (χ4n) is 2.33. The van der Waals surface area contributed by atoms with Crippen molar-refractivity contribution in [2.45, 2.75) is 25.3 Å². The molecule has 1 fully saturated rings. The lowest BCUT2D eigenvalue weighted by Crippen LogP contribution is -2.89. The summed E-state index contributed by atoms with van der Waals surface area (Å²) in [5.74, 6) is -0.869. The van der Waals surface area contributed by atoms with Gasteiger partial charge in [-0.05, 0) is 37.1 Å². The maximum atomic E-state index is 12.9. The number of halogens is 1. The van der Waals surface area contributed by atoms with Crippen molar-refractivity contribution in [3.8, 4) is 0 Å². The number of rotatable bonds is 2. The first kappa shape index (κ1) is 13.7. The van der Waals surface area contributed by atoms with Crippen LogP contribution in [0.1, 0.15) is 29.6 Å². The molecule has 2 amide bonds. The smallest absolute Gasteiger partial charge is 0.287 e. The zero-order chi connectivity index (χ0) is 13.8. The SMILES string of the molecule is C[NH2+][C@H]1CCCCN(C(=O)c2ccc(F)cc2)C1=O. The molecule has 1 aromatic rings. The Morgan fingerprint density at radius 3 is 2.63 bits per heavy atom. The van der Waals surface area contributed by atoms with Gasteiger partial charge in [-0.15, -0.1) is 0 Å². The second-order valence-electron chi connectivity index (χ2n) is 4.74. The lowest BCUT2D eigenvalue weighted by Gasteiger charge is -2.20. The van der Waals surface area contributed by atoms with E-state index >= 15 is 0 Å². The molecule has 19 heavy (non-hydrogen) atoms. The molecule has 102 valence electrons. The molecule has 1 saturated heterocycles. The third kappa shape index (κ3) is 2.98. The van der Waals surface area contributed by atoms with Gasteiger partial charge in [0.1, 0.15) is 5.82 Å². The Morgan fingerprint density at radius 1 is 1.32 bits per heavy atom. The third-order valence-corrected chi connectivity index (χ3v) is 3.47. The number of quaternary nitrogens is 1. The van der Waals surface area contributed by atoms with Crippen LogP contribution in [0.2, 0.25) is 0 Å². The summed E-state index contributed by atoms with van der Waals surface area (Å²) in [7, 11) is 1.84. The molecule has 1 aliphatic rings. The van der Waals surface area contributed by atoms with E-state index in [1.54, 1.807) is 0 Å². The van der Waals surface area contributed by atoms with Crippen LogP contribution in [0.15, 0.2) is 24.3 Å². The minimum Gasteiger partial charge on any atom is -0.338 e. The molecule has 0 spiro atoms. The van der Waals surface area contributed by atoms with E-state index in [4.69, 9.17) is 0 Å². The zero-order valence-electron chi connectivity index (χ0n) is 10.9. The van der Waals surface area contributed by atoms with E-state index in [2.05, 4.69) is 0 Å². The second-order valence-corrected chi connectivity index (χ2v) is 4.74. The van der Waals surface area contributed by atoms with Gasteiger partial charge >= 0.3 is 0 Å². The fourth-order valence-corrected chi connectivity index (χ4v) is 2.33. The van der Waals surface area contributed by atoms with E-state index in [0.29, 0.717) is 12.1 Å². The van der Waals surface area contributed by atoms with Crippen LogP contribution in [0.5, 0.6) is 0 Å². The zero-order valence-corrected chi connectivity index (χ0v) is 10.9. The molecule has 1 heterocycles. The van der Waals surface area contributed by atoms with Gasteiger partial charge in [-0.1, -0.05) is 0 Å². The lowest BCUT2D eigenvalue weighted by atomic mass is 10.1. The summed E-state index contributed by atoms with van der Waals surface area (Å²) < 4.78 is 12.9. The molecule has 2 N–H and O–H groups in total. The number of benzene rings is 1. The van der Waals surface area contributed by atoms with E-state index in [1.165, 1.54) is 29.2 Å². The minimum absolute atomic E-state index is 0.144. The first-order valence-electron chi connectivity index (χ1n) is 6.54. The summed E-state index contributed by atoms with van der Waals surface area (Å²) in [6, 6.07) is 5.12. The Hall–Kier alpha value is -1.75. The monoisotopic (exact) mass is 265 g/mol. The van der Waals surface area contributed by atoms with E-state index in [9.17, 15) is 14.0 Å². The number of carbonyl (C=O) groups is 2. The van der Waals surface area contributed by atoms with Gasteiger partial charge in [-0.2, -0.15) is 0 Å². The summed E-state index contributed by atoms with van der Waals surface area (Å²) in [4.78, 5) is 25.9. The summed E-state index contributed by atoms with van der Waals surface area (Å²) in [5, 5.41) is 1.85. The Bertz CT molecular complexity index is 473. The standard InChI is InChI=1S/C14H17FN2O2/c1-16-12-4-2-3-9-17(14(12)19)13(18)10-5-7-11(15)8-6-10/h5-8,12,16H,2-4,9H2,1H3/p+1/t12-/m0/s1. The maximum Gasteiger partial charge on any atom is 0.287 e. The van der Waals surface area contributed by atoms with Crippen LogP contribution in [0.3, 0.4) is 0 Å². The van der Waals surface area contributed by atoms with Gasteiger partial charge in [0.25, 0.3) is 11.8 Å². The normalized spacial score (nSPS) is 20.2. The van der Waals surface area contributed by atoms with E-state index in [1.807, 2.05) is 12.4 Å². The van der Waals surface area contributed by atoms with Gasteiger partial charge in [-0.3, -0.25) is 14.5 Å².